The number of phosphoric ester groups is 1. The van der Waals surface area contributed by atoms with Crippen LogP contribution in [-0.2, 0) is 19.1 Å². The molecule has 194 valence electrons. The SMILES string of the molecule is CCCCCCCCCCCCCCCCSCC(CCNS(C)(=O)=O)COP(=O)(O)O. The van der Waals surface area contributed by atoms with Gasteiger partial charge in [0.15, 0.2) is 0 Å². The molecule has 0 bridgehead atoms. The average molecular weight is 518 g/mol. The van der Waals surface area contributed by atoms with E-state index in [4.69, 9.17) is 9.79 Å². The van der Waals surface area contributed by atoms with Crippen LogP contribution in [0.15, 0.2) is 0 Å². The molecule has 0 radical (unpaired) electrons. The number of phosphoric acid groups is 1. The molecule has 1 atom stereocenters. The minimum atomic E-state index is -4.51. The monoisotopic (exact) mass is 517 g/mol. The Morgan fingerprint density at radius 1 is 0.875 bits per heavy atom. The minimum Gasteiger partial charge on any atom is -0.303 e. The van der Waals surface area contributed by atoms with Crippen LogP contribution in [0.4, 0.5) is 0 Å². The molecule has 0 aliphatic rings. The lowest BCUT2D eigenvalue weighted by Gasteiger charge is -2.17. The highest BCUT2D eigenvalue weighted by Gasteiger charge is 2.18. The largest absolute Gasteiger partial charge is 0.469 e. The predicted molar refractivity (Wildman–Crippen MR) is 137 cm³/mol. The molecule has 0 saturated heterocycles. The highest BCUT2D eigenvalue weighted by Crippen LogP contribution is 2.36. The van der Waals surface area contributed by atoms with Crippen molar-refractivity contribution in [2.24, 2.45) is 5.92 Å². The molecule has 0 aromatic heterocycles. The number of hydrogen-bond donors (Lipinski definition) is 3. The van der Waals surface area contributed by atoms with Crippen molar-refractivity contribution in [1.29, 1.82) is 0 Å². The van der Waals surface area contributed by atoms with Crippen LogP contribution in [-0.4, -0.2) is 49.1 Å². The molecule has 0 aliphatic heterocycles. The van der Waals surface area contributed by atoms with Crippen molar-refractivity contribution in [3.8, 4) is 0 Å². The Morgan fingerprint density at radius 2 is 1.34 bits per heavy atom. The lowest BCUT2D eigenvalue weighted by atomic mass is 10.0. The van der Waals surface area contributed by atoms with Crippen LogP contribution in [0, 0.1) is 5.92 Å². The summed E-state index contributed by atoms with van der Waals surface area (Å²) in [6.07, 6.45) is 20.2. The first-order valence-corrected chi connectivity index (χ1v) is 16.9. The molecule has 0 saturated carbocycles. The van der Waals surface area contributed by atoms with Crippen LogP contribution in [0.25, 0.3) is 0 Å². The second-order valence-electron chi connectivity index (χ2n) is 8.78. The third-order valence-electron chi connectivity index (χ3n) is 5.39. The highest BCUT2D eigenvalue weighted by molar-refractivity contribution is 7.99. The number of hydrogen-bond acceptors (Lipinski definition) is 5. The quantitative estimate of drug-likeness (QED) is 0.108. The summed E-state index contributed by atoms with van der Waals surface area (Å²) >= 11 is 1.74. The van der Waals surface area contributed by atoms with Crippen molar-refractivity contribution in [2.75, 3.05) is 30.9 Å². The number of thioether (sulfide) groups is 1. The minimum absolute atomic E-state index is 0.0680. The summed E-state index contributed by atoms with van der Waals surface area (Å²) < 4.78 is 40.3. The van der Waals surface area contributed by atoms with E-state index in [0.717, 1.165) is 18.4 Å². The van der Waals surface area contributed by atoms with E-state index in [-0.39, 0.29) is 19.1 Å². The molecule has 0 aliphatic carbocycles. The number of unbranched alkanes of at least 4 members (excludes halogenated alkanes) is 13. The highest BCUT2D eigenvalue weighted by atomic mass is 32.2. The molecule has 3 N–H and O–H groups in total. The third kappa shape index (κ3) is 26.6. The summed E-state index contributed by atoms with van der Waals surface area (Å²) in [5, 5.41) is 0. The lowest BCUT2D eigenvalue weighted by Crippen LogP contribution is -2.26. The first-order chi connectivity index (χ1) is 15.1. The summed E-state index contributed by atoms with van der Waals surface area (Å²) in [6, 6.07) is 0. The van der Waals surface area contributed by atoms with Gasteiger partial charge in [0.25, 0.3) is 0 Å². The standard InChI is InChI=1S/C22H48NO6PS2/c1-3-4-5-6-7-8-9-10-11-12-13-14-15-16-19-31-21-22(20-29-30(24,25)26)17-18-23-32(2,27)28/h22-23H,3-21H2,1-2H3,(H2,24,25,26). The Labute approximate surface area is 201 Å². The van der Waals surface area contributed by atoms with Gasteiger partial charge in [0.2, 0.25) is 10.0 Å². The maximum Gasteiger partial charge on any atom is 0.469 e. The van der Waals surface area contributed by atoms with Crippen LogP contribution in [0.5, 0.6) is 0 Å². The molecular weight excluding hydrogens is 469 g/mol. The zero-order valence-corrected chi connectivity index (χ0v) is 22.8. The van der Waals surface area contributed by atoms with Crippen molar-refractivity contribution in [2.45, 2.75) is 103 Å². The van der Waals surface area contributed by atoms with E-state index in [1.54, 1.807) is 11.8 Å². The van der Waals surface area contributed by atoms with E-state index in [9.17, 15) is 13.0 Å². The Bertz CT molecular complexity index is 571. The lowest BCUT2D eigenvalue weighted by molar-refractivity contribution is 0.171. The zero-order valence-electron chi connectivity index (χ0n) is 20.3. The van der Waals surface area contributed by atoms with E-state index < -0.39 is 17.8 Å². The number of rotatable bonds is 24. The van der Waals surface area contributed by atoms with E-state index in [1.165, 1.54) is 83.5 Å². The van der Waals surface area contributed by atoms with E-state index in [1.807, 2.05) is 0 Å². The summed E-state index contributed by atoms with van der Waals surface area (Å²) in [5.41, 5.74) is 0. The first-order valence-electron chi connectivity index (χ1n) is 12.4. The normalized spacial score (nSPS) is 13.5. The fourth-order valence-electron chi connectivity index (χ4n) is 3.51. The molecule has 0 amide bonds. The van der Waals surface area contributed by atoms with Gasteiger partial charge in [-0.3, -0.25) is 4.52 Å². The number of nitrogens with one attached hydrogen (secondary N) is 1. The number of sulfonamides is 1. The van der Waals surface area contributed by atoms with Crippen LogP contribution in [0.3, 0.4) is 0 Å². The molecule has 0 fully saturated rings. The van der Waals surface area contributed by atoms with Gasteiger partial charge in [-0.2, -0.15) is 11.8 Å². The van der Waals surface area contributed by atoms with Gasteiger partial charge < -0.3 is 9.79 Å². The molecule has 1 unspecified atom stereocenters. The Balaban J connectivity index is 3.65. The molecule has 10 heteroatoms. The zero-order chi connectivity index (χ0) is 24.1. The molecule has 32 heavy (non-hydrogen) atoms. The van der Waals surface area contributed by atoms with Crippen molar-refractivity contribution < 1.29 is 27.3 Å². The van der Waals surface area contributed by atoms with Crippen LogP contribution in [0.2, 0.25) is 0 Å². The maximum atomic E-state index is 11.2. The van der Waals surface area contributed by atoms with Gasteiger partial charge in [0, 0.05) is 6.54 Å². The Hall–Kier alpha value is 0.370. The van der Waals surface area contributed by atoms with E-state index in [0.29, 0.717) is 12.2 Å². The third-order valence-corrected chi connectivity index (χ3v) is 7.89. The molecule has 0 spiro atoms. The summed E-state index contributed by atoms with van der Waals surface area (Å²) in [5.74, 6) is 1.60. The summed E-state index contributed by atoms with van der Waals surface area (Å²) in [6.45, 7) is 2.43. The molecule has 7 nitrogen and oxygen atoms in total. The molecular formula is C22H48NO6PS2. The van der Waals surface area contributed by atoms with Crippen LogP contribution in [0.1, 0.15) is 103 Å². The molecule has 0 aromatic carbocycles. The van der Waals surface area contributed by atoms with Gasteiger partial charge in [-0.25, -0.2) is 17.7 Å². The van der Waals surface area contributed by atoms with E-state index >= 15 is 0 Å². The Morgan fingerprint density at radius 3 is 1.78 bits per heavy atom. The van der Waals surface area contributed by atoms with Crippen molar-refractivity contribution in [3.63, 3.8) is 0 Å². The predicted octanol–water partition coefficient (Wildman–Crippen LogP) is 5.87. The van der Waals surface area contributed by atoms with Gasteiger partial charge in [-0.05, 0) is 30.3 Å². The second kappa shape index (κ2) is 20.7. The average Bonchev–Trinajstić information content (AvgIpc) is 2.69. The summed E-state index contributed by atoms with van der Waals surface area (Å²) in [7, 11) is -7.77. The van der Waals surface area contributed by atoms with Gasteiger partial charge in [0.1, 0.15) is 0 Å². The summed E-state index contributed by atoms with van der Waals surface area (Å²) in [4.78, 5) is 17.8. The van der Waals surface area contributed by atoms with E-state index in [2.05, 4.69) is 16.2 Å². The van der Waals surface area contributed by atoms with Gasteiger partial charge in [-0.15, -0.1) is 0 Å². The van der Waals surface area contributed by atoms with Crippen molar-refractivity contribution in [3.05, 3.63) is 0 Å². The topological polar surface area (TPSA) is 113 Å². The smallest absolute Gasteiger partial charge is 0.303 e. The Kier molecular flexibility index (Phi) is 21.0. The van der Waals surface area contributed by atoms with Gasteiger partial charge in [0.05, 0.1) is 12.9 Å². The van der Waals surface area contributed by atoms with Crippen molar-refractivity contribution in [1.82, 2.24) is 4.72 Å². The fraction of sp³-hybridized carbons (Fsp3) is 1.00. The maximum absolute atomic E-state index is 11.2. The fourth-order valence-corrected chi connectivity index (χ4v) is 5.58. The molecule has 0 rings (SSSR count). The van der Waals surface area contributed by atoms with Crippen LogP contribution >= 0.6 is 19.6 Å². The molecule has 0 aromatic rings. The van der Waals surface area contributed by atoms with Gasteiger partial charge >= 0.3 is 7.82 Å². The second-order valence-corrected chi connectivity index (χ2v) is 13.0. The van der Waals surface area contributed by atoms with Crippen molar-refractivity contribution >= 4 is 29.6 Å². The first kappa shape index (κ1) is 32.4. The van der Waals surface area contributed by atoms with Crippen LogP contribution < -0.4 is 4.72 Å². The van der Waals surface area contributed by atoms with Gasteiger partial charge in [-0.1, -0.05) is 90.4 Å². The molecule has 0 heterocycles.